The molecular weight excluding hydrogens is 743 g/mol. The first-order chi connectivity index (χ1) is 29.5. The van der Waals surface area contributed by atoms with Crippen LogP contribution in [0.3, 0.4) is 0 Å². The fourth-order valence-corrected chi connectivity index (χ4v) is 8.14. The molecule has 6 heteroatoms. The van der Waals surface area contributed by atoms with Crippen LogP contribution < -0.4 is 5.32 Å². The van der Waals surface area contributed by atoms with Gasteiger partial charge in [-0.2, -0.15) is 0 Å². The van der Waals surface area contributed by atoms with Gasteiger partial charge in [0, 0.05) is 12.8 Å². The van der Waals surface area contributed by atoms with Crippen molar-refractivity contribution in [1.29, 1.82) is 0 Å². The first kappa shape index (κ1) is 58.3. The third-order valence-corrected chi connectivity index (χ3v) is 12.3. The van der Waals surface area contributed by atoms with E-state index < -0.39 is 12.1 Å². The van der Waals surface area contributed by atoms with Gasteiger partial charge in [-0.05, 0) is 57.8 Å². The van der Waals surface area contributed by atoms with E-state index in [1.54, 1.807) is 0 Å². The summed E-state index contributed by atoms with van der Waals surface area (Å²) in [7, 11) is 0. The molecule has 60 heavy (non-hydrogen) atoms. The molecule has 2 atom stereocenters. The normalized spacial score (nSPS) is 12.8. The van der Waals surface area contributed by atoms with Crippen LogP contribution in [0.1, 0.15) is 284 Å². The van der Waals surface area contributed by atoms with Gasteiger partial charge in [0.2, 0.25) is 5.91 Å². The number of ether oxygens (including phenoxy) is 1. The Morgan fingerprint density at radius 2 is 0.833 bits per heavy atom. The minimum Gasteiger partial charge on any atom is -0.466 e. The summed E-state index contributed by atoms with van der Waals surface area (Å²) in [6, 6.07) is -0.554. The fourth-order valence-electron chi connectivity index (χ4n) is 8.14. The van der Waals surface area contributed by atoms with Gasteiger partial charge in [-0.3, -0.25) is 9.59 Å². The van der Waals surface area contributed by atoms with Crippen LogP contribution in [0.2, 0.25) is 0 Å². The Kier molecular flexibility index (Phi) is 48.6. The average Bonchev–Trinajstić information content (AvgIpc) is 3.25. The number of allylic oxidation sites excluding steroid dienone is 4. The van der Waals surface area contributed by atoms with Crippen molar-refractivity contribution in [3.8, 4) is 0 Å². The maximum absolute atomic E-state index is 12.5. The second-order valence-electron chi connectivity index (χ2n) is 18.2. The van der Waals surface area contributed by atoms with E-state index in [2.05, 4.69) is 43.5 Å². The van der Waals surface area contributed by atoms with Crippen LogP contribution >= 0.6 is 0 Å². The highest BCUT2D eigenvalue weighted by molar-refractivity contribution is 5.76. The SMILES string of the molecule is CCCCC/C=C\C/C=C\CCCCCCCC(=O)OCCCCCCCCCCCCCCC(=O)NC(CO)C(O)CCCCCCCCCCCCCCCCCC. The highest BCUT2D eigenvalue weighted by Gasteiger charge is 2.20. The lowest BCUT2D eigenvalue weighted by Crippen LogP contribution is -2.45. The fraction of sp³-hybridized carbons (Fsp3) is 0.889. The summed E-state index contributed by atoms with van der Waals surface area (Å²) in [5.41, 5.74) is 0. The summed E-state index contributed by atoms with van der Waals surface area (Å²) in [6.07, 6.45) is 58.5. The Balaban J connectivity index is 3.47. The summed E-state index contributed by atoms with van der Waals surface area (Å²) in [4.78, 5) is 24.5. The van der Waals surface area contributed by atoms with Gasteiger partial charge in [-0.25, -0.2) is 0 Å². The zero-order valence-electron chi connectivity index (χ0n) is 40.2. The monoisotopic (exact) mass is 846 g/mol. The molecule has 0 rings (SSSR count). The summed E-state index contributed by atoms with van der Waals surface area (Å²) in [5.74, 6) is -0.0733. The first-order valence-corrected chi connectivity index (χ1v) is 26.6. The molecule has 354 valence electrons. The Bertz CT molecular complexity index is 935. The number of esters is 1. The molecule has 0 aliphatic carbocycles. The van der Waals surface area contributed by atoms with Crippen molar-refractivity contribution in [1.82, 2.24) is 5.32 Å². The van der Waals surface area contributed by atoms with E-state index in [4.69, 9.17) is 4.74 Å². The number of aliphatic hydroxyl groups is 2. The van der Waals surface area contributed by atoms with Gasteiger partial charge in [-0.15, -0.1) is 0 Å². The molecule has 0 spiro atoms. The Morgan fingerprint density at radius 3 is 1.30 bits per heavy atom. The van der Waals surface area contributed by atoms with E-state index in [1.165, 1.54) is 180 Å². The lowest BCUT2D eigenvalue weighted by atomic mass is 10.0. The van der Waals surface area contributed by atoms with E-state index in [1.807, 2.05) is 0 Å². The Labute approximate surface area is 373 Å². The number of aliphatic hydroxyl groups excluding tert-OH is 2. The van der Waals surface area contributed by atoms with Crippen LogP contribution in [-0.2, 0) is 14.3 Å². The van der Waals surface area contributed by atoms with Crippen LogP contribution in [-0.4, -0.2) is 47.4 Å². The average molecular weight is 846 g/mol. The van der Waals surface area contributed by atoms with E-state index in [9.17, 15) is 19.8 Å². The number of unbranched alkanes of at least 4 members (excludes halogenated alkanes) is 34. The molecule has 0 saturated carbocycles. The molecule has 0 aromatic rings. The largest absolute Gasteiger partial charge is 0.466 e. The molecule has 0 aromatic carbocycles. The van der Waals surface area contributed by atoms with Crippen molar-refractivity contribution in [3.63, 3.8) is 0 Å². The van der Waals surface area contributed by atoms with E-state index in [0.29, 0.717) is 25.9 Å². The van der Waals surface area contributed by atoms with Crippen molar-refractivity contribution >= 4 is 11.9 Å². The van der Waals surface area contributed by atoms with Crippen LogP contribution in [0.5, 0.6) is 0 Å². The van der Waals surface area contributed by atoms with E-state index in [-0.39, 0.29) is 18.5 Å². The molecule has 0 fully saturated rings. The third-order valence-electron chi connectivity index (χ3n) is 12.3. The van der Waals surface area contributed by atoms with Gasteiger partial charge in [-0.1, -0.05) is 237 Å². The predicted molar refractivity (Wildman–Crippen MR) is 260 cm³/mol. The molecule has 1 amide bonds. The zero-order chi connectivity index (χ0) is 43.7. The maximum Gasteiger partial charge on any atom is 0.305 e. The highest BCUT2D eigenvalue weighted by Crippen LogP contribution is 2.17. The van der Waals surface area contributed by atoms with Gasteiger partial charge in [0.1, 0.15) is 0 Å². The van der Waals surface area contributed by atoms with Crippen molar-refractivity contribution < 1.29 is 24.5 Å². The molecule has 6 nitrogen and oxygen atoms in total. The Hall–Kier alpha value is -1.66. The minimum atomic E-state index is -0.675. The van der Waals surface area contributed by atoms with Crippen molar-refractivity contribution in [3.05, 3.63) is 24.3 Å². The highest BCUT2D eigenvalue weighted by atomic mass is 16.5. The molecule has 0 radical (unpaired) electrons. The van der Waals surface area contributed by atoms with E-state index in [0.717, 1.165) is 70.6 Å². The molecule has 0 bridgehead atoms. The lowest BCUT2D eigenvalue weighted by Gasteiger charge is -2.22. The molecule has 0 aromatic heterocycles. The summed E-state index contributed by atoms with van der Waals surface area (Å²) in [5, 5.41) is 23.2. The van der Waals surface area contributed by atoms with Gasteiger partial charge in [0.05, 0.1) is 25.4 Å². The maximum atomic E-state index is 12.5. The van der Waals surface area contributed by atoms with E-state index >= 15 is 0 Å². The van der Waals surface area contributed by atoms with Gasteiger partial charge >= 0.3 is 5.97 Å². The van der Waals surface area contributed by atoms with Gasteiger partial charge < -0.3 is 20.3 Å². The number of nitrogens with one attached hydrogen (secondary N) is 1. The number of carbonyl (C=O) groups is 2. The van der Waals surface area contributed by atoms with Crippen LogP contribution in [0.15, 0.2) is 24.3 Å². The standard InChI is InChI=1S/C54H103NO5/c1-3-5-7-9-11-13-15-17-19-21-22-26-30-34-38-42-46-52(57)51(50-56)55-53(58)47-43-39-35-31-27-24-25-29-33-37-41-45-49-60-54(59)48-44-40-36-32-28-23-20-18-16-14-12-10-8-6-4-2/h12,14,18,20,51-52,56-57H,3-11,13,15-17,19,21-50H2,1-2H3,(H,55,58)/b14-12-,20-18-. The first-order valence-electron chi connectivity index (χ1n) is 26.6. The molecule has 0 heterocycles. The summed E-state index contributed by atoms with van der Waals surface area (Å²) < 4.78 is 5.45. The lowest BCUT2D eigenvalue weighted by molar-refractivity contribution is -0.143. The number of amides is 1. The number of hydrogen-bond donors (Lipinski definition) is 3. The number of hydrogen-bond acceptors (Lipinski definition) is 5. The Morgan fingerprint density at radius 1 is 0.467 bits per heavy atom. The molecule has 0 aliphatic heterocycles. The van der Waals surface area contributed by atoms with Crippen LogP contribution in [0.4, 0.5) is 0 Å². The second kappa shape index (κ2) is 50.0. The smallest absolute Gasteiger partial charge is 0.305 e. The summed E-state index contributed by atoms with van der Waals surface area (Å²) in [6.45, 7) is 4.89. The number of rotatable bonds is 49. The quantitative estimate of drug-likeness (QED) is 0.0322. The third kappa shape index (κ3) is 45.9. The molecular formula is C54H103NO5. The van der Waals surface area contributed by atoms with Crippen LogP contribution in [0, 0.1) is 0 Å². The minimum absolute atomic E-state index is 0.0230. The molecule has 2 unspecified atom stereocenters. The molecule has 0 saturated heterocycles. The van der Waals surface area contributed by atoms with Crippen molar-refractivity contribution in [2.45, 2.75) is 296 Å². The van der Waals surface area contributed by atoms with Gasteiger partial charge in [0.25, 0.3) is 0 Å². The zero-order valence-corrected chi connectivity index (χ0v) is 40.2. The second-order valence-corrected chi connectivity index (χ2v) is 18.2. The molecule has 3 N–H and O–H groups in total. The number of carbonyl (C=O) groups excluding carboxylic acids is 2. The topological polar surface area (TPSA) is 95.9 Å². The summed E-state index contributed by atoms with van der Waals surface area (Å²) >= 11 is 0. The predicted octanol–water partition coefficient (Wildman–Crippen LogP) is 15.9. The van der Waals surface area contributed by atoms with Crippen molar-refractivity contribution in [2.75, 3.05) is 13.2 Å². The van der Waals surface area contributed by atoms with Crippen molar-refractivity contribution in [2.24, 2.45) is 0 Å². The van der Waals surface area contributed by atoms with Crippen LogP contribution in [0.25, 0.3) is 0 Å². The molecule has 0 aliphatic rings. The van der Waals surface area contributed by atoms with Gasteiger partial charge in [0.15, 0.2) is 0 Å².